The van der Waals surface area contributed by atoms with Crippen LogP contribution in [0.3, 0.4) is 0 Å². The van der Waals surface area contributed by atoms with E-state index in [4.69, 9.17) is 5.73 Å². The Labute approximate surface area is 135 Å². The predicted octanol–water partition coefficient (Wildman–Crippen LogP) is 4.24. The van der Waals surface area contributed by atoms with Crippen molar-refractivity contribution in [2.24, 2.45) is 0 Å². The second-order valence-corrected chi connectivity index (χ2v) is 6.47. The van der Waals surface area contributed by atoms with Crippen LogP contribution in [0.2, 0.25) is 0 Å². The van der Waals surface area contributed by atoms with Crippen LogP contribution < -0.4 is 5.73 Å². The van der Waals surface area contributed by atoms with Gasteiger partial charge in [0.1, 0.15) is 0 Å². The zero-order chi connectivity index (χ0) is 15.6. The first-order valence-corrected chi connectivity index (χ1v) is 7.95. The fourth-order valence-electron chi connectivity index (χ4n) is 1.97. The number of hydrogen-bond donors (Lipinski definition) is 1. The van der Waals surface area contributed by atoms with Gasteiger partial charge < -0.3 is 5.73 Å². The number of nitrogens with zero attached hydrogens (tertiary/aromatic N) is 2. The third-order valence-electron chi connectivity index (χ3n) is 3.08. The summed E-state index contributed by atoms with van der Waals surface area (Å²) in [7, 11) is 0. The molecule has 0 amide bonds. The summed E-state index contributed by atoms with van der Waals surface area (Å²) < 4.78 is 0.909. The Balaban J connectivity index is 2.24. The number of halogens is 1. The van der Waals surface area contributed by atoms with Crippen molar-refractivity contribution < 1.29 is 4.92 Å². The maximum atomic E-state index is 11.1. The molecule has 0 saturated carbocycles. The van der Waals surface area contributed by atoms with Gasteiger partial charge in [-0.2, -0.15) is 0 Å². The lowest BCUT2D eigenvalue weighted by molar-refractivity contribution is -0.386. The zero-order valence-corrected chi connectivity index (χ0v) is 14.0. The summed E-state index contributed by atoms with van der Waals surface area (Å²) in [6.07, 6.45) is 1.55. The molecule has 0 fully saturated rings. The van der Waals surface area contributed by atoms with Gasteiger partial charge in [-0.25, -0.2) is 0 Å². The number of nitrogens with two attached hydrogens (primary N) is 1. The molecule has 2 N–H and O–H groups in total. The molecule has 0 aliphatic carbocycles. The summed E-state index contributed by atoms with van der Waals surface area (Å²) >= 11 is 5.02. The number of aromatic nitrogens is 1. The normalized spacial score (nSPS) is 10.6. The van der Waals surface area contributed by atoms with Gasteiger partial charge in [0.2, 0.25) is 0 Å². The number of pyridine rings is 1. The number of thioether (sulfide) groups is 1. The smallest absolute Gasteiger partial charge is 0.278 e. The van der Waals surface area contributed by atoms with Gasteiger partial charge in [0.05, 0.1) is 10.6 Å². The summed E-state index contributed by atoms with van der Waals surface area (Å²) in [6.45, 7) is 3.44. The first-order chi connectivity index (χ1) is 9.90. The SMILES string of the molecule is Cc1cnc(CSc2ccc(N)cc2Br)c(C)c1[N+](=O)[O-]. The van der Waals surface area contributed by atoms with Gasteiger partial charge >= 0.3 is 0 Å². The quantitative estimate of drug-likeness (QED) is 0.378. The third kappa shape index (κ3) is 3.54. The third-order valence-corrected chi connectivity index (χ3v) is 5.08. The molecule has 0 saturated heterocycles. The van der Waals surface area contributed by atoms with E-state index in [1.807, 2.05) is 18.2 Å². The van der Waals surface area contributed by atoms with E-state index in [1.165, 1.54) is 0 Å². The van der Waals surface area contributed by atoms with Gasteiger partial charge in [0, 0.05) is 38.1 Å². The van der Waals surface area contributed by atoms with Crippen molar-refractivity contribution >= 4 is 39.1 Å². The molecule has 1 heterocycles. The topological polar surface area (TPSA) is 82.0 Å². The zero-order valence-electron chi connectivity index (χ0n) is 11.6. The summed E-state index contributed by atoms with van der Waals surface area (Å²) in [4.78, 5) is 16.1. The van der Waals surface area contributed by atoms with Crippen LogP contribution in [0.5, 0.6) is 0 Å². The number of benzene rings is 1. The first kappa shape index (κ1) is 15.8. The molecule has 0 atom stereocenters. The van der Waals surface area contributed by atoms with E-state index in [1.54, 1.807) is 31.8 Å². The lowest BCUT2D eigenvalue weighted by Gasteiger charge is -2.08. The highest BCUT2D eigenvalue weighted by atomic mass is 79.9. The predicted molar refractivity (Wildman–Crippen MR) is 88.5 cm³/mol. The molecule has 1 aromatic carbocycles. The van der Waals surface area contributed by atoms with Gasteiger partial charge in [0.25, 0.3) is 5.69 Å². The van der Waals surface area contributed by atoms with Crippen LogP contribution in [0.1, 0.15) is 16.8 Å². The second kappa shape index (κ2) is 6.44. The molecule has 2 rings (SSSR count). The Morgan fingerprint density at radius 2 is 2.14 bits per heavy atom. The molecule has 21 heavy (non-hydrogen) atoms. The Hall–Kier alpha value is -1.60. The summed E-state index contributed by atoms with van der Waals surface area (Å²) in [5.74, 6) is 0.565. The Morgan fingerprint density at radius 3 is 2.76 bits per heavy atom. The lowest BCUT2D eigenvalue weighted by atomic mass is 10.1. The molecule has 0 aliphatic rings. The average Bonchev–Trinajstić information content (AvgIpc) is 2.39. The monoisotopic (exact) mass is 367 g/mol. The maximum Gasteiger partial charge on any atom is 0.278 e. The van der Waals surface area contributed by atoms with E-state index in [0.717, 1.165) is 15.1 Å². The largest absolute Gasteiger partial charge is 0.399 e. The standard InChI is InChI=1S/C14H14BrN3O2S/c1-8-6-17-12(9(2)14(8)18(19)20)7-21-13-4-3-10(16)5-11(13)15/h3-6H,7,16H2,1-2H3. The van der Waals surface area contributed by atoms with Crippen LogP contribution in [-0.2, 0) is 5.75 Å². The maximum absolute atomic E-state index is 11.1. The highest BCUT2D eigenvalue weighted by Gasteiger charge is 2.18. The van der Waals surface area contributed by atoms with Crippen LogP contribution in [0.25, 0.3) is 0 Å². The van der Waals surface area contributed by atoms with Gasteiger partial charge in [-0.15, -0.1) is 11.8 Å². The molecule has 0 aliphatic heterocycles. The van der Waals surface area contributed by atoms with Crippen molar-refractivity contribution in [3.63, 3.8) is 0 Å². The number of nitro groups is 1. The molecule has 0 unspecified atom stereocenters. The summed E-state index contributed by atoms with van der Waals surface area (Å²) in [6, 6.07) is 5.58. The van der Waals surface area contributed by atoms with E-state index in [-0.39, 0.29) is 10.6 Å². The van der Waals surface area contributed by atoms with Crippen LogP contribution in [0.15, 0.2) is 33.8 Å². The molecule has 5 nitrogen and oxygen atoms in total. The fraction of sp³-hybridized carbons (Fsp3) is 0.214. The second-order valence-electron chi connectivity index (χ2n) is 4.60. The molecular formula is C14H14BrN3O2S. The van der Waals surface area contributed by atoms with Gasteiger partial charge in [-0.1, -0.05) is 0 Å². The molecular weight excluding hydrogens is 354 g/mol. The van der Waals surface area contributed by atoms with E-state index < -0.39 is 0 Å². The lowest BCUT2D eigenvalue weighted by Crippen LogP contribution is -2.01. The van der Waals surface area contributed by atoms with Gasteiger partial charge in [0.15, 0.2) is 0 Å². The van der Waals surface area contributed by atoms with E-state index in [0.29, 0.717) is 22.6 Å². The van der Waals surface area contributed by atoms with Gasteiger partial charge in [-0.3, -0.25) is 15.1 Å². The molecule has 0 radical (unpaired) electrons. The first-order valence-electron chi connectivity index (χ1n) is 6.17. The molecule has 0 spiro atoms. The minimum atomic E-state index is -0.348. The van der Waals surface area contributed by atoms with E-state index in [9.17, 15) is 10.1 Å². The van der Waals surface area contributed by atoms with Crippen molar-refractivity contribution in [2.45, 2.75) is 24.5 Å². The fourth-order valence-corrected chi connectivity index (χ4v) is 3.66. The van der Waals surface area contributed by atoms with Crippen LogP contribution in [0.4, 0.5) is 11.4 Å². The van der Waals surface area contributed by atoms with E-state index in [2.05, 4.69) is 20.9 Å². The minimum absolute atomic E-state index is 0.150. The average molecular weight is 368 g/mol. The van der Waals surface area contributed by atoms with Crippen molar-refractivity contribution in [2.75, 3.05) is 5.73 Å². The van der Waals surface area contributed by atoms with Crippen molar-refractivity contribution in [3.8, 4) is 0 Å². The van der Waals surface area contributed by atoms with Crippen molar-refractivity contribution in [1.82, 2.24) is 4.98 Å². The van der Waals surface area contributed by atoms with Crippen LogP contribution in [0, 0.1) is 24.0 Å². The molecule has 110 valence electrons. The minimum Gasteiger partial charge on any atom is -0.399 e. The molecule has 2 aromatic rings. The number of aryl methyl sites for hydroxylation is 1. The van der Waals surface area contributed by atoms with E-state index >= 15 is 0 Å². The number of hydrogen-bond acceptors (Lipinski definition) is 5. The molecule has 0 bridgehead atoms. The van der Waals surface area contributed by atoms with Gasteiger partial charge in [-0.05, 0) is 48.0 Å². The highest BCUT2D eigenvalue weighted by Crippen LogP contribution is 2.33. The number of anilines is 1. The molecule has 7 heteroatoms. The van der Waals surface area contributed by atoms with Crippen molar-refractivity contribution in [1.29, 1.82) is 0 Å². The Kier molecular flexibility index (Phi) is 4.84. The van der Waals surface area contributed by atoms with Crippen molar-refractivity contribution in [3.05, 3.63) is 55.8 Å². The number of nitrogen functional groups attached to an aromatic ring is 1. The molecule has 1 aromatic heterocycles. The summed E-state index contributed by atoms with van der Waals surface area (Å²) in [5, 5.41) is 11.1. The van der Waals surface area contributed by atoms with Crippen LogP contribution >= 0.6 is 27.7 Å². The summed E-state index contributed by atoms with van der Waals surface area (Å²) in [5.41, 5.74) is 8.47. The number of rotatable bonds is 4. The Morgan fingerprint density at radius 1 is 1.43 bits per heavy atom. The Bertz CT molecular complexity index is 707. The van der Waals surface area contributed by atoms with Crippen LogP contribution in [-0.4, -0.2) is 9.91 Å². The highest BCUT2D eigenvalue weighted by molar-refractivity contribution is 9.10.